The van der Waals surface area contributed by atoms with Crippen LogP contribution in [0.1, 0.15) is 34.3 Å². The fraction of sp³-hybridized carbons (Fsp3) is 0.429. The van der Waals surface area contributed by atoms with Gasteiger partial charge in [-0.3, -0.25) is 4.79 Å². The van der Waals surface area contributed by atoms with Gasteiger partial charge in [0.2, 0.25) is 5.91 Å². The van der Waals surface area contributed by atoms with Crippen LogP contribution in [-0.4, -0.2) is 28.4 Å². The maximum absolute atomic E-state index is 12.4. The molecule has 0 unspecified atom stereocenters. The smallest absolute Gasteiger partial charge is 0.335 e. The molecule has 0 spiro atoms. The second-order valence-electron chi connectivity index (χ2n) is 5.43. The van der Waals surface area contributed by atoms with Crippen LogP contribution >= 0.6 is 0 Å². The molecule has 1 heterocycles. The molecule has 19 heavy (non-hydrogen) atoms. The van der Waals surface area contributed by atoms with Gasteiger partial charge in [-0.15, -0.1) is 0 Å². The van der Waals surface area contributed by atoms with Crippen LogP contribution in [0.2, 0.25) is 0 Å². The first kappa shape index (κ1) is 12.2. The number of nitrogens with two attached hydrogens (primary N) is 1. The maximum atomic E-state index is 12.4. The molecule has 1 amide bonds. The Balaban J connectivity index is 1.81. The molecule has 1 saturated carbocycles. The number of nitrogens with zero attached hydrogens (tertiary/aromatic N) is 1. The quantitative estimate of drug-likeness (QED) is 0.848. The molecular weight excluding hydrogens is 244 g/mol. The molecule has 3 N–H and O–H groups in total. The molecule has 0 aromatic heterocycles. The highest BCUT2D eigenvalue weighted by Gasteiger charge is 2.51. The molecular formula is C14H16N2O3. The molecule has 5 nitrogen and oxygen atoms in total. The zero-order valence-electron chi connectivity index (χ0n) is 10.6. The highest BCUT2D eigenvalue weighted by Crippen LogP contribution is 2.47. The van der Waals surface area contributed by atoms with Crippen LogP contribution < -0.4 is 5.73 Å². The van der Waals surface area contributed by atoms with Gasteiger partial charge in [0.1, 0.15) is 0 Å². The van der Waals surface area contributed by atoms with Crippen molar-refractivity contribution in [1.82, 2.24) is 4.90 Å². The molecule has 0 atom stereocenters. The Labute approximate surface area is 111 Å². The van der Waals surface area contributed by atoms with Gasteiger partial charge in [0.25, 0.3) is 0 Å². The number of carboxylic acids is 1. The topological polar surface area (TPSA) is 83.6 Å². The molecule has 0 radical (unpaired) electrons. The number of rotatable bonds is 3. The normalized spacial score (nSPS) is 19.1. The molecule has 1 aliphatic heterocycles. The highest BCUT2D eigenvalue weighted by molar-refractivity contribution is 5.89. The summed E-state index contributed by atoms with van der Waals surface area (Å²) in [6, 6.07) is 5.05. The summed E-state index contributed by atoms with van der Waals surface area (Å²) in [7, 11) is 0. The van der Waals surface area contributed by atoms with Gasteiger partial charge in [-0.1, -0.05) is 6.07 Å². The minimum Gasteiger partial charge on any atom is -0.478 e. The maximum Gasteiger partial charge on any atom is 0.335 e. The first-order chi connectivity index (χ1) is 9.05. The number of carbonyl (C=O) groups excluding carboxylic acids is 1. The molecule has 0 bridgehead atoms. The molecule has 100 valence electrons. The number of carboxylic acid groups (broad SMARTS) is 1. The van der Waals surface area contributed by atoms with Gasteiger partial charge in [0, 0.05) is 19.6 Å². The Hall–Kier alpha value is -1.88. The van der Waals surface area contributed by atoms with Crippen molar-refractivity contribution in [2.75, 3.05) is 6.54 Å². The number of hydrogen-bond acceptors (Lipinski definition) is 3. The molecule has 1 aromatic carbocycles. The SMILES string of the molecule is NCC1(C(=O)N2Cc3ccc(C(=O)O)cc3C2)CC1. The second-order valence-corrected chi connectivity index (χ2v) is 5.43. The monoisotopic (exact) mass is 260 g/mol. The van der Waals surface area contributed by atoms with Crippen molar-refractivity contribution in [1.29, 1.82) is 0 Å². The van der Waals surface area contributed by atoms with Gasteiger partial charge >= 0.3 is 5.97 Å². The third kappa shape index (κ3) is 1.90. The second kappa shape index (κ2) is 4.06. The van der Waals surface area contributed by atoms with E-state index in [1.165, 1.54) is 0 Å². The van der Waals surface area contributed by atoms with E-state index < -0.39 is 5.97 Å². The summed E-state index contributed by atoms with van der Waals surface area (Å²) < 4.78 is 0. The van der Waals surface area contributed by atoms with Gasteiger partial charge in [-0.05, 0) is 36.1 Å². The number of hydrogen-bond donors (Lipinski definition) is 2. The van der Waals surface area contributed by atoms with Crippen LogP contribution in [0.3, 0.4) is 0 Å². The first-order valence-corrected chi connectivity index (χ1v) is 6.40. The molecule has 0 saturated heterocycles. The molecule has 2 aliphatic rings. The number of amides is 1. The van der Waals surface area contributed by atoms with E-state index in [1.807, 2.05) is 0 Å². The summed E-state index contributed by atoms with van der Waals surface area (Å²) in [5, 5.41) is 8.97. The van der Waals surface area contributed by atoms with Gasteiger partial charge in [0.15, 0.2) is 0 Å². The van der Waals surface area contributed by atoms with Gasteiger partial charge in [-0.25, -0.2) is 4.79 Å². The standard InChI is InChI=1S/C14H16N2O3/c15-8-14(3-4-14)13(19)16-6-10-2-1-9(12(17)18)5-11(10)7-16/h1-2,5H,3-4,6-8,15H2,(H,17,18). The van der Waals surface area contributed by atoms with Crippen LogP contribution in [0.4, 0.5) is 0 Å². The highest BCUT2D eigenvalue weighted by atomic mass is 16.4. The summed E-state index contributed by atoms with van der Waals surface area (Å²) in [5.74, 6) is -0.823. The Bertz CT molecular complexity index is 564. The van der Waals surface area contributed by atoms with Crippen LogP contribution in [0.25, 0.3) is 0 Å². The lowest BCUT2D eigenvalue weighted by molar-refractivity contribution is -0.137. The number of aromatic carboxylic acids is 1. The Morgan fingerprint density at radius 2 is 1.95 bits per heavy atom. The minimum atomic E-state index is -0.937. The lowest BCUT2D eigenvalue weighted by Crippen LogP contribution is -2.37. The van der Waals surface area contributed by atoms with Crippen LogP contribution in [0.15, 0.2) is 18.2 Å². The minimum absolute atomic E-state index is 0.114. The van der Waals surface area contributed by atoms with Crippen LogP contribution in [-0.2, 0) is 17.9 Å². The number of benzene rings is 1. The molecule has 1 aromatic rings. The zero-order chi connectivity index (χ0) is 13.6. The van der Waals surface area contributed by atoms with Crippen molar-refractivity contribution >= 4 is 11.9 Å². The van der Waals surface area contributed by atoms with E-state index in [-0.39, 0.29) is 16.9 Å². The van der Waals surface area contributed by atoms with E-state index in [0.717, 1.165) is 24.0 Å². The average molecular weight is 260 g/mol. The van der Waals surface area contributed by atoms with E-state index in [1.54, 1.807) is 23.1 Å². The Morgan fingerprint density at radius 1 is 1.26 bits per heavy atom. The lowest BCUT2D eigenvalue weighted by atomic mass is 10.1. The molecule has 5 heteroatoms. The first-order valence-electron chi connectivity index (χ1n) is 6.40. The summed E-state index contributed by atoms with van der Waals surface area (Å²) in [6.07, 6.45) is 1.74. The average Bonchev–Trinajstić information content (AvgIpc) is 3.09. The summed E-state index contributed by atoms with van der Waals surface area (Å²) in [4.78, 5) is 25.1. The molecule has 1 aliphatic carbocycles. The Kier molecular flexibility index (Phi) is 2.60. The predicted octanol–water partition coefficient (Wildman–Crippen LogP) is 0.966. The van der Waals surface area contributed by atoms with Crippen molar-refractivity contribution in [2.45, 2.75) is 25.9 Å². The van der Waals surface area contributed by atoms with Crippen LogP contribution in [0, 0.1) is 5.41 Å². The number of fused-ring (bicyclic) bond motifs is 1. The van der Waals surface area contributed by atoms with Gasteiger partial charge in [0.05, 0.1) is 11.0 Å². The van der Waals surface area contributed by atoms with E-state index in [9.17, 15) is 9.59 Å². The predicted molar refractivity (Wildman–Crippen MR) is 68.4 cm³/mol. The lowest BCUT2D eigenvalue weighted by Gasteiger charge is -2.21. The van der Waals surface area contributed by atoms with Crippen molar-refractivity contribution < 1.29 is 14.7 Å². The number of carbonyl (C=O) groups is 2. The van der Waals surface area contributed by atoms with Gasteiger partial charge in [-0.2, -0.15) is 0 Å². The van der Waals surface area contributed by atoms with Gasteiger partial charge < -0.3 is 15.7 Å². The van der Waals surface area contributed by atoms with Crippen LogP contribution in [0.5, 0.6) is 0 Å². The van der Waals surface area contributed by atoms with Crippen molar-refractivity contribution in [3.8, 4) is 0 Å². The third-order valence-electron chi connectivity index (χ3n) is 4.16. The Morgan fingerprint density at radius 3 is 2.53 bits per heavy atom. The van der Waals surface area contributed by atoms with Crippen molar-refractivity contribution in [3.63, 3.8) is 0 Å². The molecule has 3 rings (SSSR count). The van der Waals surface area contributed by atoms with E-state index in [0.29, 0.717) is 19.6 Å². The van der Waals surface area contributed by atoms with Crippen molar-refractivity contribution in [2.24, 2.45) is 11.1 Å². The van der Waals surface area contributed by atoms with E-state index in [4.69, 9.17) is 10.8 Å². The zero-order valence-corrected chi connectivity index (χ0v) is 10.6. The summed E-state index contributed by atoms with van der Waals surface area (Å²) in [5.41, 5.74) is 7.58. The third-order valence-corrected chi connectivity index (χ3v) is 4.16. The van der Waals surface area contributed by atoms with Crippen molar-refractivity contribution in [3.05, 3.63) is 34.9 Å². The van der Waals surface area contributed by atoms with E-state index >= 15 is 0 Å². The fourth-order valence-electron chi connectivity index (χ4n) is 2.66. The summed E-state index contributed by atoms with van der Waals surface area (Å²) >= 11 is 0. The molecule has 1 fully saturated rings. The summed E-state index contributed by atoms with van der Waals surface area (Å²) in [6.45, 7) is 1.46. The fourth-order valence-corrected chi connectivity index (χ4v) is 2.66. The van der Waals surface area contributed by atoms with E-state index in [2.05, 4.69) is 0 Å². The largest absolute Gasteiger partial charge is 0.478 e.